The van der Waals surface area contributed by atoms with Gasteiger partial charge in [-0.1, -0.05) is 0 Å². The van der Waals surface area contributed by atoms with Crippen LogP contribution in [0.4, 0.5) is 4.39 Å². The third kappa shape index (κ3) is 2.52. The molecule has 1 N–H and O–H groups in total. The van der Waals surface area contributed by atoms with Crippen LogP contribution in [0.2, 0.25) is 0 Å². The second-order valence-electron chi connectivity index (χ2n) is 3.87. The monoisotopic (exact) mass is 262 g/mol. The molecule has 0 amide bonds. The van der Waals surface area contributed by atoms with E-state index in [0.29, 0.717) is 22.6 Å². The fourth-order valence-corrected chi connectivity index (χ4v) is 1.80. The molecule has 0 unspecified atom stereocenters. The quantitative estimate of drug-likeness (QED) is 0.918. The lowest BCUT2D eigenvalue weighted by atomic mass is 10.1. The van der Waals surface area contributed by atoms with Crippen LogP contribution in [0.5, 0.6) is 5.75 Å². The molecular weight excluding hydrogens is 251 g/mol. The van der Waals surface area contributed by atoms with E-state index in [1.807, 2.05) is 0 Å². The largest absolute Gasteiger partial charge is 0.494 e. The van der Waals surface area contributed by atoms with Crippen LogP contribution in [0, 0.1) is 12.7 Å². The third-order valence-electron chi connectivity index (χ3n) is 2.58. The Labute approximate surface area is 108 Å². The van der Waals surface area contributed by atoms with Crippen LogP contribution in [0.15, 0.2) is 24.5 Å². The molecule has 2 rings (SSSR count). The standard InChI is InChI=1S/C13H11FN2O3/c1-7-12(19-2)10(4-11(16-7)13(17)18)8-3-9(14)6-15-5-8/h3-6H,1-2H3,(H,17,18). The van der Waals surface area contributed by atoms with Crippen LogP contribution in [-0.4, -0.2) is 28.2 Å². The Balaban J connectivity index is 2.69. The van der Waals surface area contributed by atoms with Crippen LogP contribution in [0.25, 0.3) is 11.1 Å². The number of methoxy groups -OCH3 is 1. The van der Waals surface area contributed by atoms with E-state index < -0.39 is 11.8 Å². The van der Waals surface area contributed by atoms with Gasteiger partial charge >= 0.3 is 5.97 Å². The Bertz CT molecular complexity index is 644. The van der Waals surface area contributed by atoms with Crippen LogP contribution in [-0.2, 0) is 0 Å². The first kappa shape index (κ1) is 12.9. The molecular formula is C13H11FN2O3. The zero-order chi connectivity index (χ0) is 14.0. The van der Waals surface area contributed by atoms with Crippen molar-refractivity contribution in [3.63, 3.8) is 0 Å². The molecule has 2 aromatic heterocycles. The highest BCUT2D eigenvalue weighted by atomic mass is 19.1. The molecule has 6 heteroatoms. The smallest absolute Gasteiger partial charge is 0.354 e. The molecule has 19 heavy (non-hydrogen) atoms. The number of carbonyl (C=O) groups is 1. The van der Waals surface area contributed by atoms with E-state index in [1.165, 1.54) is 25.4 Å². The van der Waals surface area contributed by atoms with Crippen LogP contribution < -0.4 is 4.74 Å². The van der Waals surface area contributed by atoms with Crippen molar-refractivity contribution in [2.75, 3.05) is 7.11 Å². The number of pyridine rings is 2. The van der Waals surface area contributed by atoms with Gasteiger partial charge in [0.15, 0.2) is 0 Å². The number of aromatic carboxylic acids is 1. The number of aryl methyl sites for hydroxylation is 1. The average Bonchev–Trinajstić information content (AvgIpc) is 2.37. The van der Waals surface area contributed by atoms with Crippen LogP contribution in [0.3, 0.4) is 0 Å². The summed E-state index contributed by atoms with van der Waals surface area (Å²) in [6.07, 6.45) is 2.51. The van der Waals surface area contributed by atoms with Crippen molar-refractivity contribution in [3.05, 3.63) is 41.7 Å². The molecule has 0 aromatic carbocycles. The number of nitrogens with zero attached hydrogens (tertiary/aromatic N) is 2. The Hall–Kier alpha value is -2.50. The molecule has 0 fully saturated rings. The number of carboxylic acids is 1. The van der Waals surface area contributed by atoms with Gasteiger partial charge in [-0.15, -0.1) is 0 Å². The lowest BCUT2D eigenvalue weighted by molar-refractivity contribution is 0.0690. The van der Waals surface area contributed by atoms with Gasteiger partial charge in [-0.05, 0) is 19.1 Å². The van der Waals surface area contributed by atoms with Gasteiger partial charge in [-0.3, -0.25) is 4.98 Å². The summed E-state index contributed by atoms with van der Waals surface area (Å²) in [6, 6.07) is 2.60. The number of halogens is 1. The van der Waals surface area contributed by atoms with Gasteiger partial charge < -0.3 is 9.84 Å². The van der Waals surface area contributed by atoms with E-state index in [-0.39, 0.29) is 5.69 Å². The topological polar surface area (TPSA) is 72.3 Å². The summed E-state index contributed by atoms with van der Waals surface area (Å²) in [5, 5.41) is 9.01. The van der Waals surface area contributed by atoms with E-state index >= 15 is 0 Å². The second-order valence-corrected chi connectivity index (χ2v) is 3.87. The summed E-state index contributed by atoms with van der Waals surface area (Å²) in [6.45, 7) is 1.63. The van der Waals surface area contributed by atoms with Crippen molar-refractivity contribution in [2.24, 2.45) is 0 Å². The van der Waals surface area contributed by atoms with E-state index in [4.69, 9.17) is 9.84 Å². The maximum absolute atomic E-state index is 13.2. The number of hydrogen-bond donors (Lipinski definition) is 1. The molecule has 0 saturated heterocycles. The van der Waals surface area contributed by atoms with Gasteiger partial charge in [0.05, 0.1) is 19.0 Å². The van der Waals surface area contributed by atoms with Crippen molar-refractivity contribution >= 4 is 5.97 Å². The lowest BCUT2D eigenvalue weighted by Gasteiger charge is -2.11. The molecule has 0 atom stereocenters. The number of aromatic nitrogens is 2. The molecule has 0 bridgehead atoms. The summed E-state index contributed by atoms with van der Waals surface area (Å²) in [4.78, 5) is 18.7. The van der Waals surface area contributed by atoms with Crippen LogP contribution in [0.1, 0.15) is 16.2 Å². The zero-order valence-corrected chi connectivity index (χ0v) is 10.3. The zero-order valence-electron chi connectivity index (χ0n) is 10.3. The minimum atomic E-state index is -1.16. The first-order chi connectivity index (χ1) is 9.02. The molecule has 0 aliphatic rings. The number of rotatable bonds is 3. The Kier molecular flexibility index (Phi) is 3.41. The third-order valence-corrected chi connectivity index (χ3v) is 2.58. The predicted molar refractivity (Wildman–Crippen MR) is 65.7 cm³/mol. The molecule has 0 radical (unpaired) electrons. The predicted octanol–water partition coefficient (Wildman–Crippen LogP) is 2.30. The summed E-state index contributed by atoms with van der Waals surface area (Å²) >= 11 is 0. The SMILES string of the molecule is COc1c(-c2cncc(F)c2)cc(C(=O)O)nc1C. The van der Waals surface area contributed by atoms with Crippen molar-refractivity contribution in [3.8, 4) is 16.9 Å². The molecule has 2 heterocycles. The normalized spacial score (nSPS) is 10.3. The van der Waals surface area contributed by atoms with Gasteiger partial charge in [0, 0.05) is 17.3 Å². The van der Waals surface area contributed by atoms with Gasteiger partial charge in [0.25, 0.3) is 0 Å². The van der Waals surface area contributed by atoms with E-state index in [2.05, 4.69) is 9.97 Å². The van der Waals surface area contributed by atoms with Gasteiger partial charge in [0.1, 0.15) is 17.3 Å². The Morgan fingerprint density at radius 3 is 2.68 bits per heavy atom. The van der Waals surface area contributed by atoms with E-state index in [0.717, 1.165) is 6.20 Å². The van der Waals surface area contributed by atoms with Crippen LogP contribution >= 0.6 is 0 Å². The fraction of sp³-hybridized carbons (Fsp3) is 0.154. The molecule has 5 nitrogen and oxygen atoms in total. The summed E-state index contributed by atoms with van der Waals surface area (Å²) < 4.78 is 18.4. The van der Waals surface area contributed by atoms with Gasteiger partial charge in [-0.25, -0.2) is 14.2 Å². The van der Waals surface area contributed by atoms with Crippen molar-refractivity contribution in [1.29, 1.82) is 0 Å². The second kappa shape index (κ2) is 5.01. The fourth-order valence-electron chi connectivity index (χ4n) is 1.80. The molecule has 0 aliphatic heterocycles. The molecule has 0 aliphatic carbocycles. The maximum atomic E-state index is 13.2. The minimum Gasteiger partial charge on any atom is -0.494 e. The minimum absolute atomic E-state index is 0.127. The molecule has 0 spiro atoms. The maximum Gasteiger partial charge on any atom is 0.354 e. The van der Waals surface area contributed by atoms with Gasteiger partial charge in [0.2, 0.25) is 0 Å². The molecule has 98 valence electrons. The lowest BCUT2D eigenvalue weighted by Crippen LogP contribution is -2.04. The Morgan fingerprint density at radius 2 is 2.11 bits per heavy atom. The Morgan fingerprint density at radius 1 is 1.37 bits per heavy atom. The highest BCUT2D eigenvalue weighted by Gasteiger charge is 2.16. The summed E-state index contributed by atoms with van der Waals surface area (Å²) in [5.74, 6) is -1.26. The number of carboxylic acid groups (broad SMARTS) is 1. The first-order valence-corrected chi connectivity index (χ1v) is 5.42. The van der Waals surface area contributed by atoms with Gasteiger partial charge in [-0.2, -0.15) is 0 Å². The first-order valence-electron chi connectivity index (χ1n) is 5.42. The number of hydrogen-bond acceptors (Lipinski definition) is 4. The van der Waals surface area contributed by atoms with E-state index in [1.54, 1.807) is 6.92 Å². The highest BCUT2D eigenvalue weighted by Crippen LogP contribution is 2.32. The molecule has 0 saturated carbocycles. The average molecular weight is 262 g/mol. The van der Waals surface area contributed by atoms with E-state index in [9.17, 15) is 9.18 Å². The summed E-state index contributed by atoms with van der Waals surface area (Å²) in [5.41, 5.74) is 1.17. The van der Waals surface area contributed by atoms with Crippen molar-refractivity contribution < 1.29 is 19.0 Å². The highest BCUT2D eigenvalue weighted by molar-refractivity contribution is 5.88. The number of ether oxygens (including phenoxy) is 1. The molecule has 2 aromatic rings. The summed E-state index contributed by atoms with van der Waals surface area (Å²) in [7, 11) is 1.45. The van der Waals surface area contributed by atoms with Crippen molar-refractivity contribution in [2.45, 2.75) is 6.92 Å². The van der Waals surface area contributed by atoms with Crippen molar-refractivity contribution in [1.82, 2.24) is 9.97 Å².